The quantitative estimate of drug-likeness (QED) is 0.492. The molecular weight excluding hydrogens is 308 g/mol. The van der Waals surface area contributed by atoms with Gasteiger partial charge in [0, 0.05) is 5.92 Å². The summed E-state index contributed by atoms with van der Waals surface area (Å²) in [6.07, 6.45) is 4.62. The van der Waals surface area contributed by atoms with Crippen LogP contribution in [0.4, 0.5) is 0 Å². The van der Waals surface area contributed by atoms with Crippen LogP contribution in [0, 0.1) is 0 Å². The summed E-state index contributed by atoms with van der Waals surface area (Å²) in [5.74, 6) is -0.247. The van der Waals surface area contributed by atoms with Crippen molar-refractivity contribution in [1.82, 2.24) is 0 Å². The molecule has 2 aromatic carbocycles. The van der Waals surface area contributed by atoms with Gasteiger partial charge in [0.05, 0.1) is 5.57 Å². The standard InChI is InChI=1S/C23H24O2/c1-3-5-16-20-21(18-14-10-7-11-15-18)23(24)25-22(20)19(4-2)17-12-8-6-9-13-17/h4,6-15,19,22H,2-3,5,16H2,1H3/t19-,22+/m1/s1. The van der Waals surface area contributed by atoms with Crippen LogP contribution >= 0.6 is 0 Å². The lowest BCUT2D eigenvalue weighted by molar-refractivity contribution is -0.138. The molecule has 25 heavy (non-hydrogen) atoms. The minimum absolute atomic E-state index is 0.0294. The van der Waals surface area contributed by atoms with Crippen molar-refractivity contribution < 1.29 is 9.53 Å². The van der Waals surface area contributed by atoms with Crippen molar-refractivity contribution in [1.29, 1.82) is 0 Å². The molecule has 0 spiro atoms. The number of ether oxygens (including phenoxy) is 1. The molecule has 128 valence electrons. The van der Waals surface area contributed by atoms with E-state index in [9.17, 15) is 4.79 Å². The predicted molar refractivity (Wildman–Crippen MR) is 102 cm³/mol. The fourth-order valence-electron chi connectivity index (χ4n) is 3.46. The van der Waals surface area contributed by atoms with E-state index in [1.807, 2.05) is 54.6 Å². The third-order valence-corrected chi connectivity index (χ3v) is 4.73. The van der Waals surface area contributed by atoms with Gasteiger partial charge in [0.2, 0.25) is 0 Å². The molecule has 0 aromatic heterocycles. The first kappa shape index (κ1) is 17.2. The highest BCUT2D eigenvalue weighted by Gasteiger charge is 2.38. The van der Waals surface area contributed by atoms with Crippen LogP contribution in [0.25, 0.3) is 5.57 Å². The Kier molecular flexibility index (Phi) is 5.49. The normalized spacial score (nSPS) is 18.1. The zero-order valence-electron chi connectivity index (χ0n) is 14.7. The summed E-state index contributed by atoms with van der Waals surface area (Å²) in [4.78, 5) is 12.7. The second kappa shape index (κ2) is 7.98. The van der Waals surface area contributed by atoms with Crippen molar-refractivity contribution in [3.63, 3.8) is 0 Å². The van der Waals surface area contributed by atoms with E-state index in [1.54, 1.807) is 0 Å². The van der Waals surface area contributed by atoms with Crippen molar-refractivity contribution >= 4 is 11.5 Å². The Hall–Kier alpha value is -2.61. The summed E-state index contributed by atoms with van der Waals surface area (Å²) < 4.78 is 5.86. The van der Waals surface area contributed by atoms with Gasteiger partial charge in [-0.05, 0) is 29.5 Å². The number of cyclic esters (lactones) is 1. The molecule has 0 N–H and O–H groups in total. The maximum Gasteiger partial charge on any atom is 0.339 e. The lowest BCUT2D eigenvalue weighted by atomic mass is 9.85. The SMILES string of the molecule is C=C[C@H](c1ccccc1)[C@@H]1OC(=O)C(c2ccccc2)=C1CCCC. The van der Waals surface area contributed by atoms with Crippen molar-refractivity contribution in [2.45, 2.75) is 38.2 Å². The molecule has 0 unspecified atom stereocenters. The zero-order valence-corrected chi connectivity index (χ0v) is 14.7. The van der Waals surface area contributed by atoms with Crippen LogP contribution in [0.3, 0.4) is 0 Å². The van der Waals surface area contributed by atoms with E-state index < -0.39 is 0 Å². The van der Waals surface area contributed by atoms with E-state index in [1.165, 1.54) is 0 Å². The minimum atomic E-state index is -0.269. The van der Waals surface area contributed by atoms with Crippen molar-refractivity contribution in [2.75, 3.05) is 0 Å². The number of hydrogen-bond donors (Lipinski definition) is 0. The third-order valence-electron chi connectivity index (χ3n) is 4.73. The van der Waals surface area contributed by atoms with Gasteiger partial charge in [-0.15, -0.1) is 6.58 Å². The first-order valence-corrected chi connectivity index (χ1v) is 8.93. The molecule has 0 aliphatic carbocycles. The number of hydrogen-bond acceptors (Lipinski definition) is 2. The Labute approximate surface area is 149 Å². The van der Waals surface area contributed by atoms with Gasteiger partial charge in [-0.25, -0.2) is 4.79 Å². The lowest BCUT2D eigenvalue weighted by Gasteiger charge is -2.23. The Bertz CT molecular complexity index is 759. The molecule has 0 radical (unpaired) electrons. The number of carbonyl (C=O) groups is 1. The fourth-order valence-corrected chi connectivity index (χ4v) is 3.46. The van der Waals surface area contributed by atoms with Gasteiger partial charge in [0.25, 0.3) is 0 Å². The van der Waals surface area contributed by atoms with E-state index in [0.717, 1.165) is 41.5 Å². The van der Waals surface area contributed by atoms with E-state index >= 15 is 0 Å². The van der Waals surface area contributed by atoms with Crippen LogP contribution in [0.2, 0.25) is 0 Å². The Morgan fingerprint density at radius 1 is 1.08 bits per heavy atom. The second-order valence-electron chi connectivity index (χ2n) is 6.37. The molecule has 1 aliphatic heterocycles. The van der Waals surface area contributed by atoms with Crippen LogP contribution in [-0.2, 0) is 9.53 Å². The fraction of sp³-hybridized carbons (Fsp3) is 0.261. The summed E-state index contributed by atoms with van der Waals surface area (Å²) in [7, 11) is 0. The summed E-state index contributed by atoms with van der Waals surface area (Å²) in [6, 6.07) is 20.0. The Balaban J connectivity index is 2.05. The minimum Gasteiger partial charge on any atom is -0.453 e. The monoisotopic (exact) mass is 332 g/mol. The molecule has 0 amide bonds. The summed E-state index contributed by atoms with van der Waals surface area (Å²) in [5, 5.41) is 0. The highest BCUT2D eigenvalue weighted by Crippen LogP contribution is 2.40. The molecule has 0 fully saturated rings. The molecule has 2 nitrogen and oxygen atoms in total. The number of carbonyl (C=O) groups excluding carboxylic acids is 1. The molecule has 2 atom stereocenters. The van der Waals surface area contributed by atoms with Crippen LogP contribution in [0.15, 0.2) is 78.9 Å². The van der Waals surface area contributed by atoms with Gasteiger partial charge in [0.1, 0.15) is 6.10 Å². The van der Waals surface area contributed by atoms with Crippen molar-refractivity contribution in [2.24, 2.45) is 0 Å². The molecule has 1 heterocycles. The van der Waals surface area contributed by atoms with E-state index in [4.69, 9.17) is 4.74 Å². The van der Waals surface area contributed by atoms with Crippen molar-refractivity contribution in [3.05, 3.63) is 90.0 Å². The van der Waals surface area contributed by atoms with Gasteiger partial charge in [0.15, 0.2) is 0 Å². The van der Waals surface area contributed by atoms with Crippen molar-refractivity contribution in [3.8, 4) is 0 Å². The number of esters is 1. The molecular formula is C23H24O2. The maximum absolute atomic E-state index is 12.7. The molecule has 1 aliphatic rings. The molecule has 0 bridgehead atoms. The van der Waals surface area contributed by atoms with E-state index in [2.05, 4.69) is 25.6 Å². The average Bonchev–Trinajstić information content (AvgIpc) is 2.98. The van der Waals surface area contributed by atoms with Gasteiger partial charge in [-0.2, -0.15) is 0 Å². The van der Waals surface area contributed by atoms with Gasteiger partial charge < -0.3 is 4.74 Å². The predicted octanol–water partition coefficient (Wildman–Crippen LogP) is 5.53. The molecule has 0 saturated heterocycles. The Morgan fingerprint density at radius 2 is 1.72 bits per heavy atom. The van der Waals surface area contributed by atoms with E-state index in [0.29, 0.717) is 0 Å². The smallest absolute Gasteiger partial charge is 0.339 e. The number of benzene rings is 2. The number of unbranched alkanes of at least 4 members (excludes halogenated alkanes) is 1. The summed E-state index contributed by atoms with van der Waals surface area (Å²) >= 11 is 0. The van der Waals surface area contributed by atoms with Crippen LogP contribution in [0.5, 0.6) is 0 Å². The third kappa shape index (κ3) is 3.58. The Morgan fingerprint density at radius 3 is 2.32 bits per heavy atom. The zero-order chi connectivity index (χ0) is 17.6. The summed E-state index contributed by atoms with van der Waals surface area (Å²) in [6.45, 7) is 6.17. The molecule has 0 saturated carbocycles. The topological polar surface area (TPSA) is 26.3 Å². The maximum atomic E-state index is 12.7. The summed E-state index contributed by atoms with van der Waals surface area (Å²) in [5.41, 5.74) is 3.91. The number of rotatable bonds is 7. The average molecular weight is 332 g/mol. The van der Waals surface area contributed by atoms with Crippen LogP contribution < -0.4 is 0 Å². The lowest BCUT2D eigenvalue weighted by Crippen LogP contribution is -2.20. The molecule has 2 aromatic rings. The molecule has 3 rings (SSSR count). The van der Waals surface area contributed by atoms with Gasteiger partial charge in [-0.1, -0.05) is 80.1 Å². The first-order chi connectivity index (χ1) is 12.3. The van der Waals surface area contributed by atoms with E-state index in [-0.39, 0.29) is 18.0 Å². The van der Waals surface area contributed by atoms with Gasteiger partial charge in [-0.3, -0.25) is 0 Å². The first-order valence-electron chi connectivity index (χ1n) is 8.93. The highest BCUT2D eigenvalue weighted by molar-refractivity contribution is 6.19. The largest absolute Gasteiger partial charge is 0.453 e. The second-order valence-corrected chi connectivity index (χ2v) is 6.37. The highest BCUT2D eigenvalue weighted by atomic mass is 16.5. The van der Waals surface area contributed by atoms with Crippen LogP contribution in [0.1, 0.15) is 43.2 Å². The van der Waals surface area contributed by atoms with Gasteiger partial charge >= 0.3 is 5.97 Å². The van der Waals surface area contributed by atoms with Crippen LogP contribution in [-0.4, -0.2) is 12.1 Å². The molecule has 2 heteroatoms.